The van der Waals surface area contributed by atoms with Gasteiger partial charge in [-0.15, -0.1) is 11.8 Å². The van der Waals surface area contributed by atoms with Crippen LogP contribution in [-0.2, 0) is 4.79 Å². The highest BCUT2D eigenvalue weighted by atomic mass is 32.2. The van der Waals surface area contributed by atoms with Crippen LogP contribution in [0.4, 0.5) is 4.39 Å². The Bertz CT molecular complexity index is 427. The van der Waals surface area contributed by atoms with Gasteiger partial charge in [-0.25, -0.2) is 4.39 Å². The quantitative estimate of drug-likeness (QED) is 0.552. The average molecular weight is 258 g/mol. The number of carbonyl (C=O) groups excluding carboxylic acids is 1. The monoisotopic (exact) mass is 258 g/mol. The minimum Gasteiger partial charge on any atom is -0.549 e. The van der Waals surface area contributed by atoms with Crippen LogP contribution in [0.3, 0.4) is 0 Å². The van der Waals surface area contributed by atoms with Crippen LogP contribution >= 0.6 is 11.8 Å². The van der Waals surface area contributed by atoms with Crippen LogP contribution < -0.4 is 5.11 Å². The van der Waals surface area contributed by atoms with E-state index in [4.69, 9.17) is 0 Å². The molecular formula is C10H9FNO4S-. The molecule has 0 aromatic heterocycles. The van der Waals surface area contributed by atoms with E-state index >= 15 is 0 Å². The predicted molar refractivity (Wildman–Crippen MR) is 58.5 cm³/mol. The van der Waals surface area contributed by atoms with Gasteiger partial charge >= 0.3 is 0 Å². The van der Waals surface area contributed by atoms with Crippen LogP contribution in [0.2, 0.25) is 0 Å². The highest BCUT2D eigenvalue weighted by molar-refractivity contribution is 8.00. The zero-order valence-corrected chi connectivity index (χ0v) is 9.48. The van der Waals surface area contributed by atoms with Crippen molar-refractivity contribution in [2.75, 3.05) is 12.3 Å². The van der Waals surface area contributed by atoms with Crippen molar-refractivity contribution in [3.63, 3.8) is 0 Å². The maximum atomic E-state index is 13.4. The number of thioether (sulfide) groups is 1. The number of carboxylic acid groups (broad SMARTS) is 1. The lowest BCUT2D eigenvalue weighted by molar-refractivity contribution is -0.479. The number of nitrogens with zero attached hydrogens (tertiary/aromatic N) is 1. The predicted octanol–water partition coefficient (Wildman–Crippen LogP) is 0.627. The van der Waals surface area contributed by atoms with E-state index in [1.807, 2.05) is 0 Å². The SMILES string of the molecule is O=C([O-])CSC(C[N+](=O)[O-])c1ccccc1F. The Morgan fingerprint density at radius 2 is 2.12 bits per heavy atom. The molecule has 1 atom stereocenters. The van der Waals surface area contributed by atoms with E-state index in [-0.39, 0.29) is 5.56 Å². The van der Waals surface area contributed by atoms with Crippen molar-refractivity contribution in [3.05, 3.63) is 45.8 Å². The second-order valence-corrected chi connectivity index (χ2v) is 4.40. The minimum atomic E-state index is -1.33. The zero-order chi connectivity index (χ0) is 12.8. The van der Waals surface area contributed by atoms with Gasteiger partial charge in [-0.1, -0.05) is 18.2 Å². The van der Waals surface area contributed by atoms with Gasteiger partial charge in [0.1, 0.15) is 5.82 Å². The number of carbonyl (C=O) groups is 1. The van der Waals surface area contributed by atoms with Gasteiger partial charge in [0.2, 0.25) is 6.54 Å². The van der Waals surface area contributed by atoms with Crippen LogP contribution in [0, 0.1) is 15.9 Å². The Hall–Kier alpha value is -1.63. The minimum absolute atomic E-state index is 0.135. The molecule has 5 nitrogen and oxygen atoms in total. The molecule has 0 fully saturated rings. The molecule has 0 aliphatic carbocycles. The summed E-state index contributed by atoms with van der Waals surface area (Å²) in [4.78, 5) is 20.2. The van der Waals surface area contributed by atoms with Crippen molar-refractivity contribution in [2.45, 2.75) is 5.25 Å². The highest BCUT2D eigenvalue weighted by Crippen LogP contribution is 2.30. The average Bonchev–Trinajstić information content (AvgIpc) is 2.24. The molecular weight excluding hydrogens is 249 g/mol. The van der Waals surface area contributed by atoms with E-state index in [1.165, 1.54) is 18.2 Å². The molecule has 0 saturated carbocycles. The number of aliphatic carboxylic acids is 1. The molecule has 0 amide bonds. The lowest BCUT2D eigenvalue weighted by Crippen LogP contribution is -2.25. The third-order valence-electron chi connectivity index (χ3n) is 1.97. The number of carboxylic acids is 1. The van der Waals surface area contributed by atoms with Crippen LogP contribution in [0.1, 0.15) is 10.8 Å². The number of benzene rings is 1. The first kappa shape index (κ1) is 13.4. The normalized spacial score (nSPS) is 12.1. The molecule has 1 aromatic rings. The lowest BCUT2D eigenvalue weighted by Gasteiger charge is -2.13. The lowest BCUT2D eigenvalue weighted by atomic mass is 10.1. The maximum absolute atomic E-state index is 13.4. The summed E-state index contributed by atoms with van der Waals surface area (Å²) in [6.45, 7) is -0.529. The summed E-state index contributed by atoms with van der Waals surface area (Å²) >= 11 is 0.782. The van der Waals surface area contributed by atoms with E-state index < -0.39 is 34.3 Å². The molecule has 92 valence electrons. The number of rotatable bonds is 6. The third-order valence-corrected chi connectivity index (χ3v) is 3.18. The van der Waals surface area contributed by atoms with Crippen molar-refractivity contribution in [1.82, 2.24) is 0 Å². The van der Waals surface area contributed by atoms with Gasteiger partial charge < -0.3 is 9.90 Å². The summed E-state index contributed by atoms with van der Waals surface area (Å²) in [7, 11) is 0. The highest BCUT2D eigenvalue weighted by Gasteiger charge is 2.21. The molecule has 17 heavy (non-hydrogen) atoms. The van der Waals surface area contributed by atoms with Gasteiger partial charge in [0.15, 0.2) is 0 Å². The summed E-state index contributed by atoms with van der Waals surface area (Å²) < 4.78 is 13.4. The van der Waals surface area contributed by atoms with Gasteiger partial charge in [0.05, 0.1) is 11.2 Å². The molecule has 0 spiro atoms. The molecule has 1 aromatic carbocycles. The topological polar surface area (TPSA) is 83.3 Å². The Labute approximate surface area is 101 Å². The summed E-state index contributed by atoms with van der Waals surface area (Å²) in [6.07, 6.45) is 0. The fourth-order valence-electron chi connectivity index (χ4n) is 1.28. The van der Waals surface area contributed by atoms with E-state index in [2.05, 4.69) is 0 Å². The Kier molecular flexibility index (Phi) is 4.89. The van der Waals surface area contributed by atoms with Gasteiger partial charge in [-0.2, -0.15) is 0 Å². The molecule has 0 saturated heterocycles. The first-order chi connectivity index (χ1) is 8.00. The fourth-order valence-corrected chi connectivity index (χ4v) is 2.22. The molecule has 1 unspecified atom stereocenters. The fraction of sp³-hybridized carbons (Fsp3) is 0.300. The number of hydrogen-bond donors (Lipinski definition) is 0. The van der Waals surface area contributed by atoms with Gasteiger partial charge in [0.25, 0.3) is 0 Å². The first-order valence-corrected chi connectivity index (χ1v) is 5.73. The van der Waals surface area contributed by atoms with Crippen molar-refractivity contribution >= 4 is 17.7 Å². The molecule has 1 rings (SSSR count). The zero-order valence-electron chi connectivity index (χ0n) is 8.67. The molecule has 0 bridgehead atoms. The summed E-state index contributed by atoms with van der Waals surface area (Å²) in [5.74, 6) is -2.32. The Balaban J connectivity index is 2.85. The molecule has 0 radical (unpaired) electrons. The molecule has 0 aliphatic heterocycles. The summed E-state index contributed by atoms with van der Waals surface area (Å²) in [5, 5.41) is 19.9. The summed E-state index contributed by atoms with van der Waals surface area (Å²) in [5.41, 5.74) is 0.135. The van der Waals surface area contributed by atoms with Crippen molar-refractivity contribution < 1.29 is 19.2 Å². The van der Waals surface area contributed by atoms with Gasteiger partial charge in [-0.3, -0.25) is 10.1 Å². The van der Waals surface area contributed by atoms with Gasteiger partial charge in [-0.05, 0) is 6.07 Å². The second-order valence-electron chi connectivity index (χ2n) is 3.21. The smallest absolute Gasteiger partial charge is 0.219 e. The number of halogens is 1. The molecule has 0 N–H and O–H groups in total. The largest absolute Gasteiger partial charge is 0.549 e. The maximum Gasteiger partial charge on any atom is 0.219 e. The van der Waals surface area contributed by atoms with E-state index in [0.29, 0.717) is 0 Å². The summed E-state index contributed by atoms with van der Waals surface area (Å²) in [6, 6.07) is 5.60. The molecule has 7 heteroatoms. The van der Waals surface area contributed by atoms with Crippen molar-refractivity contribution in [3.8, 4) is 0 Å². The number of hydrogen-bond acceptors (Lipinski definition) is 5. The molecule has 0 heterocycles. The van der Waals surface area contributed by atoms with Crippen molar-refractivity contribution in [2.24, 2.45) is 0 Å². The number of nitro groups is 1. The Morgan fingerprint density at radius 1 is 1.47 bits per heavy atom. The van der Waals surface area contributed by atoms with Crippen LogP contribution in [0.25, 0.3) is 0 Å². The van der Waals surface area contributed by atoms with E-state index in [0.717, 1.165) is 11.8 Å². The van der Waals surface area contributed by atoms with E-state index in [1.54, 1.807) is 6.07 Å². The van der Waals surface area contributed by atoms with Crippen LogP contribution in [0.15, 0.2) is 24.3 Å². The first-order valence-electron chi connectivity index (χ1n) is 4.68. The standard InChI is InChI=1S/C10H10FNO4S/c11-8-4-2-1-3-7(8)9(5-12(15)16)17-6-10(13)14/h1-4,9H,5-6H2,(H,13,14)/p-1. The van der Waals surface area contributed by atoms with Crippen molar-refractivity contribution in [1.29, 1.82) is 0 Å². The van der Waals surface area contributed by atoms with E-state index in [9.17, 15) is 24.4 Å². The second kappa shape index (κ2) is 6.19. The van der Waals surface area contributed by atoms with Crippen LogP contribution in [0.5, 0.6) is 0 Å². The van der Waals surface area contributed by atoms with Gasteiger partial charge in [0, 0.05) is 16.2 Å². The molecule has 0 aliphatic rings. The van der Waals surface area contributed by atoms with Crippen LogP contribution in [-0.4, -0.2) is 23.2 Å². The Morgan fingerprint density at radius 3 is 2.65 bits per heavy atom. The third kappa shape index (κ3) is 4.39.